The summed E-state index contributed by atoms with van der Waals surface area (Å²) in [4.78, 5) is 9.62. The lowest BCUT2D eigenvalue weighted by atomic mass is 10.1. The molecule has 5 rings (SSSR count). The first-order valence-corrected chi connectivity index (χ1v) is 12.3. The first-order valence-electron chi connectivity index (χ1n) is 10.2. The number of aliphatic hydroxyl groups is 1. The van der Waals surface area contributed by atoms with Gasteiger partial charge >= 0.3 is 0 Å². The molecule has 0 aliphatic carbocycles. The van der Waals surface area contributed by atoms with Gasteiger partial charge in [-0.3, -0.25) is 9.11 Å². The van der Waals surface area contributed by atoms with Crippen LogP contribution in [0.4, 0.5) is 11.5 Å². The molecule has 5 N–H and O–H groups in total. The van der Waals surface area contributed by atoms with Gasteiger partial charge in [0.1, 0.15) is 5.82 Å². The summed E-state index contributed by atoms with van der Waals surface area (Å²) in [5, 5.41) is 11.7. The highest BCUT2D eigenvalue weighted by atomic mass is 35.5. The predicted octanol–water partition coefficient (Wildman–Crippen LogP) is 3.53. The molecule has 2 atom stereocenters. The fraction of sp³-hybridized carbons (Fsp3) is 0.318. The highest BCUT2D eigenvalue weighted by Gasteiger charge is 2.31. The largest absolute Gasteiger partial charge is 0.390 e. The second kappa shape index (κ2) is 7.81. The Balaban J connectivity index is 1.60. The topological polar surface area (TPSA) is 106 Å². The van der Waals surface area contributed by atoms with E-state index >= 15 is 0 Å². The van der Waals surface area contributed by atoms with Crippen LogP contribution in [0, 0.1) is 0 Å². The fourth-order valence-corrected chi connectivity index (χ4v) is 6.10. The fourth-order valence-electron chi connectivity index (χ4n) is 4.38. The average Bonchev–Trinajstić information content (AvgIpc) is 3.01. The number of pyridine rings is 1. The summed E-state index contributed by atoms with van der Waals surface area (Å²) in [6.07, 6.45) is -0.594. The van der Waals surface area contributed by atoms with Crippen LogP contribution in [0.15, 0.2) is 53.4 Å². The molecule has 0 saturated carbocycles. The van der Waals surface area contributed by atoms with Crippen LogP contribution in [0.25, 0.3) is 10.9 Å². The third-order valence-electron chi connectivity index (χ3n) is 6.06. The van der Waals surface area contributed by atoms with E-state index in [1.54, 1.807) is 6.07 Å². The van der Waals surface area contributed by atoms with Gasteiger partial charge in [0.2, 0.25) is 0 Å². The molecule has 1 fully saturated rings. The molecule has 1 saturated heterocycles. The molecule has 0 radical (unpaired) electrons. The smallest absolute Gasteiger partial charge is 0.131 e. The maximum Gasteiger partial charge on any atom is 0.131 e. The van der Waals surface area contributed by atoms with Crippen molar-refractivity contribution in [3.05, 3.63) is 59.1 Å². The van der Waals surface area contributed by atoms with Crippen LogP contribution in [0.2, 0.25) is 5.02 Å². The lowest BCUT2D eigenvalue weighted by molar-refractivity contribution is 0.180. The third-order valence-corrected chi connectivity index (χ3v) is 8.15. The van der Waals surface area contributed by atoms with Crippen LogP contribution in [-0.2, 0) is 6.54 Å². The summed E-state index contributed by atoms with van der Waals surface area (Å²) >= 11 is 6.27. The van der Waals surface area contributed by atoms with Crippen molar-refractivity contribution in [1.29, 1.82) is 0 Å². The van der Waals surface area contributed by atoms with Gasteiger partial charge in [0.15, 0.2) is 0 Å². The zero-order valence-corrected chi connectivity index (χ0v) is 18.4. The van der Waals surface area contributed by atoms with E-state index in [9.17, 15) is 14.2 Å². The van der Waals surface area contributed by atoms with Gasteiger partial charge in [-0.1, -0.05) is 29.8 Å². The molecule has 0 bridgehead atoms. The van der Waals surface area contributed by atoms with Gasteiger partial charge in [-0.05, 0) is 29.8 Å². The number of aromatic nitrogens is 1. The standard InChI is InChI=1S/C22H25ClN4O3S/c23-15-5-6-18-16(9-15)19(27-12-17(24)20(28)13-27)10-22(25-18)26-7-8-31(29,30)21-4-2-1-3-14(21)11-26/h1-6,9-10,17,20,28-30H,7-8,11-13,24H2. The van der Waals surface area contributed by atoms with Crippen molar-refractivity contribution in [3.8, 4) is 0 Å². The molecule has 2 unspecified atom stereocenters. The average molecular weight is 461 g/mol. The zero-order chi connectivity index (χ0) is 21.8. The highest BCUT2D eigenvalue weighted by molar-refractivity contribution is 8.24. The van der Waals surface area contributed by atoms with Crippen molar-refractivity contribution in [2.45, 2.75) is 23.6 Å². The van der Waals surface area contributed by atoms with Crippen LogP contribution in [0.3, 0.4) is 0 Å². The molecule has 164 valence electrons. The van der Waals surface area contributed by atoms with E-state index in [1.165, 1.54) is 0 Å². The van der Waals surface area contributed by atoms with Gasteiger partial charge in [0.05, 0.1) is 28.0 Å². The van der Waals surface area contributed by atoms with Gasteiger partial charge in [0, 0.05) is 48.7 Å². The zero-order valence-electron chi connectivity index (χ0n) is 16.9. The van der Waals surface area contributed by atoms with Crippen molar-refractivity contribution >= 4 is 44.6 Å². The number of hydrogen-bond donors (Lipinski definition) is 4. The molecule has 1 aromatic heterocycles. The quantitative estimate of drug-likeness (QED) is 0.463. The van der Waals surface area contributed by atoms with E-state index in [-0.39, 0.29) is 11.8 Å². The van der Waals surface area contributed by atoms with Crippen molar-refractivity contribution < 1.29 is 14.2 Å². The highest BCUT2D eigenvalue weighted by Crippen LogP contribution is 2.51. The first kappa shape index (κ1) is 20.8. The summed E-state index contributed by atoms with van der Waals surface area (Å²) < 4.78 is 21.4. The second-order valence-electron chi connectivity index (χ2n) is 8.20. The monoisotopic (exact) mass is 460 g/mol. The van der Waals surface area contributed by atoms with Crippen LogP contribution in [0.1, 0.15) is 5.56 Å². The van der Waals surface area contributed by atoms with Crippen molar-refractivity contribution in [2.24, 2.45) is 5.73 Å². The normalized spacial score (nSPS) is 24.2. The summed E-state index contributed by atoms with van der Waals surface area (Å²) in [6.45, 7) is 1.97. The Hall–Kier alpha value is -2.07. The number of β-amino-alcohol motifs (C(OH)–C–C–N with tert-alkyl or cyclic N) is 1. The summed E-state index contributed by atoms with van der Waals surface area (Å²) in [7, 11) is -2.85. The summed E-state index contributed by atoms with van der Waals surface area (Å²) in [5.41, 5.74) is 8.66. The second-order valence-corrected chi connectivity index (χ2v) is 10.8. The molecule has 7 nitrogen and oxygen atoms in total. The van der Waals surface area contributed by atoms with Gasteiger partial charge in [-0.15, -0.1) is 0 Å². The number of anilines is 2. The Morgan fingerprint density at radius 2 is 1.87 bits per heavy atom. The number of aliphatic hydroxyl groups excluding tert-OH is 1. The number of nitrogens with two attached hydrogens (primary N) is 1. The minimum Gasteiger partial charge on any atom is -0.390 e. The van der Waals surface area contributed by atoms with Crippen LogP contribution < -0.4 is 15.5 Å². The summed E-state index contributed by atoms with van der Waals surface area (Å²) in [6, 6.07) is 14.7. The van der Waals surface area contributed by atoms with Crippen molar-refractivity contribution in [2.75, 3.05) is 35.2 Å². The first-order chi connectivity index (χ1) is 14.8. The molecule has 3 aromatic rings. The van der Waals surface area contributed by atoms with E-state index in [1.807, 2.05) is 42.5 Å². The minimum atomic E-state index is -2.85. The van der Waals surface area contributed by atoms with Gasteiger partial charge in [-0.25, -0.2) is 4.98 Å². The van der Waals surface area contributed by atoms with Crippen LogP contribution in [0.5, 0.6) is 0 Å². The van der Waals surface area contributed by atoms with Gasteiger partial charge in [0.25, 0.3) is 0 Å². The lowest BCUT2D eigenvalue weighted by Gasteiger charge is -2.32. The number of rotatable bonds is 2. The molecule has 2 aromatic carbocycles. The molecule has 31 heavy (non-hydrogen) atoms. The predicted molar refractivity (Wildman–Crippen MR) is 126 cm³/mol. The molecule has 3 heterocycles. The SMILES string of the molecule is NC1CN(c2cc(N3CCS(O)(O)c4ccccc4C3)nc3ccc(Cl)cc23)CC1O. The molecule has 2 aliphatic rings. The van der Waals surface area contributed by atoms with Gasteiger partial charge in [-0.2, -0.15) is 10.6 Å². The Morgan fingerprint density at radius 3 is 2.65 bits per heavy atom. The molecule has 0 spiro atoms. The van der Waals surface area contributed by atoms with E-state index in [0.29, 0.717) is 36.1 Å². The number of hydrogen-bond acceptors (Lipinski definition) is 7. The maximum atomic E-state index is 10.7. The molecule has 0 amide bonds. The van der Waals surface area contributed by atoms with Crippen LogP contribution >= 0.6 is 22.2 Å². The minimum absolute atomic E-state index is 0.243. The number of nitrogens with zero attached hydrogens (tertiary/aromatic N) is 3. The number of fused-ring (bicyclic) bond motifs is 2. The maximum absolute atomic E-state index is 10.7. The van der Waals surface area contributed by atoms with Crippen molar-refractivity contribution in [1.82, 2.24) is 4.98 Å². The van der Waals surface area contributed by atoms with E-state index < -0.39 is 16.7 Å². The molecule has 9 heteroatoms. The van der Waals surface area contributed by atoms with E-state index in [2.05, 4.69) is 9.80 Å². The Bertz CT molecular complexity index is 1130. The Labute approximate surface area is 187 Å². The molecular formula is C22H25ClN4O3S. The van der Waals surface area contributed by atoms with E-state index in [4.69, 9.17) is 22.3 Å². The van der Waals surface area contributed by atoms with E-state index in [0.717, 1.165) is 28.0 Å². The van der Waals surface area contributed by atoms with Crippen LogP contribution in [-0.4, -0.2) is 56.7 Å². The Kier molecular flexibility index (Phi) is 5.24. The van der Waals surface area contributed by atoms with Gasteiger partial charge < -0.3 is 20.6 Å². The number of halogens is 1. The van der Waals surface area contributed by atoms with Crippen molar-refractivity contribution in [3.63, 3.8) is 0 Å². The number of benzene rings is 2. The third kappa shape index (κ3) is 3.84. The molecule has 2 aliphatic heterocycles. The summed E-state index contributed by atoms with van der Waals surface area (Å²) in [5.74, 6) is 0.985. The molecular weight excluding hydrogens is 436 g/mol. The Morgan fingerprint density at radius 1 is 1.06 bits per heavy atom. The lowest BCUT2D eigenvalue weighted by Crippen LogP contribution is -2.32.